The lowest BCUT2D eigenvalue weighted by molar-refractivity contribution is -0.245. The van der Waals surface area contributed by atoms with Crippen molar-refractivity contribution in [3.63, 3.8) is 0 Å². The molecule has 1 aliphatic rings. The smallest absolute Gasteiger partial charge is 0.243 e. The minimum atomic E-state index is -0.615. The Balaban J connectivity index is 1.41. The molecule has 2 amide bonds. The molecule has 0 saturated carbocycles. The second kappa shape index (κ2) is 14.0. The van der Waals surface area contributed by atoms with Crippen LogP contribution in [0.5, 0.6) is 0 Å². The number of hydroxylamine groups is 1. The second-order valence-corrected chi connectivity index (χ2v) is 9.74. The third-order valence-electron chi connectivity index (χ3n) is 5.95. The first-order chi connectivity index (χ1) is 18.5. The van der Waals surface area contributed by atoms with Crippen molar-refractivity contribution in [2.24, 2.45) is 0 Å². The molecule has 2 aromatic carbocycles. The molecule has 1 aromatic heterocycles. The Hall–Kier alpha value is -3.35. The van der Waals surface area contributed by atoms with Crippen molar-refractivity contribution < 1.29 is 29.4 Å². The molecule has 0 unspecified atom stereocenters. The summed E-state index contributed by atoms with van der Waals surface area (Å²) in [6.45, 7) is -0.0191. The van der Waals surface area contributed by atoms with E-state index in [0.717, 1.165) is 16.7 Å². The van der Waals surface area contributed by atoms with E-state index in [1.165, 1.54) is 11.8 Å². The van der Waals surface area contributed by atoms with E-state index < -0.39 is 12.2 Å². The molecule has 200 valence electrons. The minimum absolute atomic E-state index is 0.0191. The van der Waals surface area contributed by atoms with Crippen LogP contribution in [0.4, 0.5) is 5.69 Å². The molecule has 1 fully saturated rings. The summed E-state index contributed by atoms with van der Waals surface area (Å²) in [5.41, 5.74) is 4.81. The third kappa shape index (κ3) is 8.07. The van der Waals surface area contributed by atoms with Crippen molar-refractivity contribution in [2.45, 2.75) is 55.9 Å². The summed E-state index contributed by atoms with van der Waals surface area (Å²) in [5, 5.41) is 21.4. The summed E-state index contributed by atoms with van der Waals surface area (Å²) >= 11 is 1.52. The maximum absolute atomic E-state index is 12.2. The maximum Gasteiger partial charge on any atom is 0.243 e. The summed E-state index contributed by atoms with van der Waals surface area (Å²) in [6.07, 6.45) is 3.67. The van der Waals surface area contributed by atoms with E-state index in [-0.39, 0.29) is 37.6 Å². The van der Waals surface area contributed by atoms with Crippen LogP contribution in [0.2, 0.25) is 0 Å². The van der Waals surface area contributed by atoms with Gasteiger partial charge in [-0.15, -0.1) is 0 Å². The van der Waals surface area contributed by atoms with Gasteiger partial charge in [0.1, 0.15) is 0 Å². The summed E-state index contributed by atoms with van der Waals surface area (Å²) in [5.74, 6) is -0.0945. The van der Waals surface area contributed by atoms with Crippen molar-refractivity contribution in [3.8, 4) is 0 Å². The quantitative estimate of drug-likeness (QED) is 0.124. The molecular weight excluding hydrogens is 508 g/mol. The Morgan fingerprint density at radius 2 is 1.63 bits per heavy atom. The largest absolute Gasteiger partial charge is 0.392 e. The molecular formula is C27H30N4O6S. The molecule has 0 spiro atoms. The molecule has 2 heterocycles. The minimum Gasteiger partial charge on any atom is -0.392 e. The predicted molar refractivity (Wildman–Crippen MR) is 140 cm³/mol. The molecule has 3 atom stereocenters. The number of ether oxygens (including phenoxy) is 2. The molecule has 4 rings (SSSR count). The van der Waals surface area contributed by atoms with E-state index in [1.807, 2.05) is 36.4 Å². The van der Waals surface area contributed by atoms with Gasteiger partial charge in [-0.1, -0.05) is 48.2 Å². The van der Waals surface area contributed by atoms with Crippen LogP contribution in [-0.2, 0) is 25.7 Å². The van der Waals surface area contributed by atoms with Crippen LogP contribution in [0, 0.1) is 0 Å². The number of anilines is 1. The van der Waals surface area contributed by atoms with E-state index in [9.17, 15) is 14.7 Å². The number of nitrogens with zero attached hydrogens (tertiary/aromatic N) is 2. The number of rotatable bonds is 11. The number of aromatic nitrogens is 2. The lowest BCUT2D eigenvalue weighted by Crippen LogP contribution is -2.31. The number of hydrogen-bond donors (Lipinski definition) is 4. The summed E-state index contributed by atoms with van der Waals surface area (Å²) in [7, 11) is 0. The van der Waals surface area contributed by atoms with Crippen molar-refractivity contribution >= 4 is 29.3 Å². The Labute approximate surface area is 224 Å². The molecule has 11 heteroatoms. The number of benzene rings is 2. The lowest BCUT2D eigenvalue weighted by atomic mass is 10.0. The molecule has 0 aliphatic carbocycles. The fourth-order valence-corrected chi connectivity index (χ4v) is 4.78. The first kappa shape index (κ1) is 27.7. The van der Waals surface area contributed by atoms with Gasteiger partial charge < -0.3 is 19.9 Å². The number of hydrogen-bond acceptors (Lipinski definition) is 9. The van der Waals surface area contributed by atoms with Crippen LogP contribution in [0.3, 0.4) is 0 Å². The van der Waals surface area contributed by atoms with E-state index in [0.29, 0.717) is 29.4 Å². The number of carbonyl (C=O) groups is 2. The second-order valence-electron chi connectivity index (χ2n) is 8.75. The van der Waals surface area contributed by atoms with E-state index >= 15 is 0 Å². The van der Waals surface area contributed by atoms with Gasteiger partial charge in [-0.3, -0.25) is 14.8 Å². The summed E-state index contributed by atoms with van der Waals surface area (Å²) in [4.78, 5) is 31.8. The molecule has 1 aliphatic heterocycles. The normalized spacial score (nSPS) is 19.1. The maximum atomic E-state index is 12.2. The van der Waals surface area contributed by atoms with Gasteiger partial charge in [0.15, 0.2) is 11.4 Å². The van der Waals surface area contributed by atoms with Gasteiger partial charge in [-0.25, -0.2) is 15.4 Å². The number of amides is 2. The zero-order valence-corrected chi connectivity index (χ0v) is 21.5. The predicted octanol–water partition coefficient (Wildman–Crippen LogP) is 3.92. The van der Waals surface area contributed by atoms with E-state index in [2.05, 4.69) is 15.3 Å². The highest BCUT2D eigenvalue weighted by molar-refractivity contribution is 7.99. The van der Waals surface area contributed by atoms with Crippen LogP contribution in [0.15, 0.2) is 72.1 Å². The fraction of sp³-hybridized carbons (Fsp3) is 0.333. The van der Waals surface area contributed by atoms with Crippen LogP contribution < -0.4 is 10.8 Å². The highest BCUT2D eigenvalue weighted by atomic mass is 32.2. The third-order valence-corrected chi connectivity index (χ3v) is 6.96. The van der Waals surface area contributed by atoms with Gasteiger partial charge in [0.25, 0.3) is 0 Å². The van der Waals surface area contributed by atoms with Crippen LogP contribution in [0.1, 0.15) is 54.8 Å². The summed E-state index contributed by atoms with van der Waals surface area (Å²) < 4.78 is 12.7. The Morgan fingerprint density at radius 1 is 0.947 bits per heavy atom. The average Bonchev–Trinajstić information content (AvgIpc) is 2.96. The Morgan fingerprint density at radius 3 is 2.32 bits per heavy atom. The van der Waals surface area contributed by atoms with Crippen LogP contribution in [-0.4, -0.2) is 44.0 Å². The number of thioether (sulfide) groups is 1. The standard InChI is InChI=1S/C27H30N4O6S/c32-16-18-5-7-19(8-6-18)23-15-22(17-38-27-28-13-2-14-29-27)36-26(37-23)20-9-11-21(12-10-20)30-24(33)3-1-4-25(34)31-35/h2,5-14,22-23,26,32,35H,1,3-4,15-17H2,(H,30,33)(H,31,34)/t22-,23+,26+/m1/s1. The van der Waals surface area contributed by atoms with Crippen molar-refractivity contribution in [1.29, 1.82) is 0 Å². The fourth-order valence-electron chi connectivity index (χ4n) is 3.96. The van der Waals surface area contributed by atoms with Gasteiger partial charge in [-0.2, -0.15) is 0 Å². The molecule has 1 saturated heterocycles. The monoisotopic (exact) mass is 538 g/mol. The molecule has 0 radical (unpaired) electrons. The van der Waals surface area contributed by atoms with E-state index in [1.54, 1.807) is 36.1 Å². The molecule has 38 heavy (non-hydrogen) atoms. The number of aliphatic hydroxyl groups is 1. The zero-order valence-electron chi connectivity index (χ0n) is 20.7. The van der Waals surface area contributed by atoms with Gasteiger partial charge in [-0.05, 0) is 35.7 Å². The molecule has 3 aromatic rings. The summed E-state index contributed by atoms with van der Waals surface area (Å²) in [6, 6.07) is 16.7. The van der Waals surface area contributed by atoms with Crippen molar-refractivity contribution in [1.82, 2.24) is 15.4 Å². The Bertz CT molecular complexity index is 1180. The lowest BCUT2D eigenvalue weighted by Gasteiger charge is -2.36. The first-order valence-electron chi connectivity index (χ1n) is 12.3. The number of aliphatic hydroxyl groups excluding tert-OH is 1. The van der Waals surface area contributed by atoms with Gasteiger partial charge in [0, 0.05) is 48.7 Å². The van der Waals surface area contributed by atoms with Crippen molar-refractivity contribution in [3.05, 3.63) is 83.7 Å². The number of carbonyl (C=O) groups excluding carboxylic acids is 2. The highest BCUT2D eigenvalue weighted by Crippen LogP contribution is 2.39. The Kier molecular flexibility index (Phi) is 10.2. The topological polar surface area (TPSA) is 143 Å². The SMILES string of the molecule is O=C(CCCC(=O)Nc1ccc([C@H]2O[C@@H](CSc3ncccn3)C[C@@H](c3ccc(CO)cc3)O2)cc1)NO. The van der Waals surface area contributed by atoms with Gasteiger partial charge >= 0.3 is 0 Å². The molecule has 10 nitrogen and oxygen atoms in total. The van der Waals surface area contributed by atoms with Crippen molar-refractivity contribution in [2.75, 3.05) is 11.1 Å². The first-order valence-corrected chi connectivity index (χ1v) is 13.3. The molecule has 4 N–H and O–H groups in total. The van der Waals surface area contributed by atoms with Crippen LogP contribution in [0.25, 0.3) is 0 Å². The van der Waals surface area contributed by atoms with Crippen LogP contribution >= 0.6 is 11.8 Å². The zero-order chi connectivity index (χ0) is 26.7. The van der Waals surface area contributed by atoms with E-state index in [4.69, 9.17) is 14.7 Å². The number of nitrogens with one attached hydrogen (secondary N) is 2. The molecule has 0 bridgehead atoms. The average molecular weight is 539 g/mol. The van der Waals surface area contributed by atoms with Gasteiger partial charge in [0.2, 0.25) is 11.8 Å². The van der Waals surface area contributed by atoms with Gasteiger partial charge in [0.05, 0.1) is 18.8 Å². The highest BCUT2D eigenvalue weighted by Gasteiger charge is 2.32.